The molecule has 0 saturated heterocycles. The number of unbranched alkanes of at least 4 members (excludes halogenated alkanes) is 1. The van der Waals surface area contributed by atoms with Gasteiger partial charge in [-0.2, -0.15) is 5.10 Å². The number of thioether (sulfide) groups is 1. The fourth-order valence-corrected chi connectivity index (χ4v) is 3.07. The van der Waals surface area contributed by atoms with Crippen molar-refractivity contribution in [2.45, 2.75) is 19.8 Å². The molecule has 0 radical (unpaired) electrons. The Labute approximate surface area is 136 Å². The first-order valence-corrected chi connectivity index (χ1v) is 7.96. The van der Waals surface area contributed by atoms with Gasteiger partial charge in [-0.25, -0.2) is 0 Å². The highest BCUT2D eigenvalue weighted by atomic mass is 32.2. The van der Waals surface area contributed by atoms with E-state index in [0.717, 1.165) is 12.8 Å². The molecule has 23 heavy (non-hydrogen) atoms. The number of allylic oxidation sites excluding steroid dienone is 2. The molecule has 0 aromatic carbocycles. The number of amides is 2. The summed E-state index contributed by atoms with van der Waals surface area (Å²) in [5, 5.41) is 8.72. The Hall–Kier alpha value is -2.42. The van der Waals surface area contributed by atoms with Crippen LogP contribution in [-0.4, -0.2) is 45.9 Å². The molecule has 0 atom stereocenters. The molecular formula is C14H16N4O4S. The van der Waals surface area contributed by atoms with Crippen LogP contribution in [0.5, 0.6) is 0 Å². The fourth-order valence-electron chi connectivity index (χ4n) is 2.08. The lowest BCUT2D eigenvalue weighted by Gasteiger charge is -2.11. The molecule has 9 heteroatoms. The van der Waals surface area contributed by atoms with Crippen LogP contribution in [0.4, 0.5) is 0 Å². The third-order valence-electron chi connectivity index (χ3n) is 3.16. The SMILES string of the molecule is CC(=O)NCCCCSC1=CC(=O)c2n[nH]c(C(N)=O)c2C1=O. The van der Waals surface area contributed by atoms with Gasteiger partial charge in [-0.1, -0.05) is 0 Å². The van der Waals surface area contributed by atoms with Gasteiger partial charge in [0.2, 0.25) is 17.5 Å². The number of carbonyl (C=O) groups is 4. The Morgan fingerprint density at radius 2 is 2.09 bits per heavy atom. The molecule has 2 rings (SSSR count). The van der Waals surface area contributed by atoms with Crippen LogP contribution in [0.25, 0.3) is 0 Å². The number of hydrogen-bond acceptors (Lipinski definition) is 6. The second kappa shape index (κ2) is 7.23. The molecule has 0 aliphatic heterocycles. The molecule has 0 saturated carbocycles. The Morgan fingerprint density at radius 3 is 2.74 bits per heavy atom. The minimum Gasteiger partial charge on any atom is -0.364 e. The van der Waals surface area contributed by atoms with E-state index in [-0.39, 0.29) is 27.8 Å². The first-order chi connectivity index (χ1) is 10.9. The predicted octanol–water partition coefficient (Wildman–Crippen LogP) is 0.421. The van der Waals surface area contributed by atoms with Crippen LogP contribution >= 0.6 is 11.8 Å². The van der Waals surface area contributed by atoms with Crippen LogP contribution in [-0.2, 0) is 4.79 Å². The molecule has 0 fully saturated rings. The summed E-state index contributed by atoms with van der Waals surface area (Å²) in [6.07, 6.45) is 2.77. The van der Waals surface area contributed by atoms with Gasteiger partial charge in [-0.3, -0.25) is 24.3 Å². The van der Waals surface area contributed by atoms with E-state index in [0.29, 0.717) is 12.3 Å². The predicted molar refractivity (Wildman–Crippen MR) is 84.2 cm³/mol. The van der Waals surface area contributed by atoms with Crippen LogP contribution in [0.3, 0.4) is 0 Å². The highest BCUT2D eigenvalue weighted by molar-refractivity contribution is 8.04. The molecule has 1 aromatic heterocycles. The number of aromatic nitrogens is 2. The largest absolute Gasteiger partial charge is 0.364 e. The van der Waals surface area contributed by atoms with Gasteiger partial charge in [0.25, 0.3) is 5.91 Å². The van der Waals surface area contributed by atoms with Gasteiger partial charge < -0.3 is 11.1 Å². The van der Waals surface area contributed by atoms with Crippen molar-refractivity contribution in [3.63, 3.8) is 0 Å². The zero-order valence-electron chi connectivity index (χ0n) is 12.5. The molecule has 1 heterocycles. The normalized spacial score (nSPS) is 13.5. The summed E-state index contributed by atoms with van der Waals surface area (Å²) in [6.45, 7) is 2.02. The molecule has 2 amide bonds. The van der Waals surface area contributed by atoms with Gasteiger partial charge >= 0.3 is 0 Å². The van der Waals surface area contributed by atoms with Gasteiger partial charge in [0.1, 0.15) is 11.4 Å². The van der Waals surface area contributed by atoms with Crippen LogP contribution in [0.1, 0.15) is 51.1 Å². The Kier molecular flexibility index (Phi) is 5.32. The topological polar surface area (TPSA) is 135 Å². The average molecular weight is 336 g/mol. The number of ketones is 2. The first kappa shape index (κ1) is 16.9. The number of nitrogens with one attached hydrogen (secondary N) is 2. The van der Waals surface area contributed by atoms with Crippen LogP contribution < -0.4 is 11.1 Å². The zero-order chi connectivity index (χ0) is 17.0. The van der Waals surface area contributed by atoms with Crippen LogP contribution in [0.2, 0.25) is 0 Å². The summed E-state index contributed by atoms with van der Waals surface area (Å²) < 4.78 is 0. The zero-order valence-corrected chi connectivity index (χ0v) is 13.3. The number of carbonyl (C=O) groups excluding carboxylic acids is 4. The van der Waals surface area contributed by atoms with Crippen molar-refractivity contribution in [1.82, 2.24) is 15.5 Å². The van der Waals surface area contributed by atoms with Crippen molar-refractivity contribution in [2.24, 2.45) is 5.73 Å². The molecule has 0 bridgehead atoms. The maximum Gasteiger partial charge on any atom is 0.267 e. The number of aromatic amines is 1. The number of nitrogens with zero attached hydrogens (tertiary/aromatic N) is 1. The number of rotatable bonds is 7. The lowest BCUT2D eigenvalue weighted by molar-refractivity contribution is -0.118. The number of nitrogens with two attached hydrogens (primary N) is 1. The summed E-state index contributed by atoms with van der Waals surface area (Å²) in [6, 6.07) is 0. The van der Waals surface area contributed by atoms with Gasteiger partial charge in [0, 0.05) is 19.5 Å². The Morgan fingerprint density at radius 1 is 1.35 bits per heavy atom. The molecule has 0 unspecified atom stereocenters. The summed E-state index contributed by atoms with van der Waals surface area (Å²) in [5.74, 6) is -1.15. The van der Waals surface area contributed by atoms with Crippen LogP contribution in [0.15, 0.2) is 11.0 Å². The standard InChI is InChI=1S/C14H16N4O4S/c1-7(19)16-4-2-3-5-23-9-6-8(20)11-10(13(9)21)12(14(15)22)18-17-11/h6H,2-5H2,1H3,(H2,15,22)(H,16,19)(H,17,18). The number of H-pyrrole nitrogens is 1. The van der Waals surface area contributed by atoms with Crippen molar-refractivity contribution in [3.05, 3.63) is 27.9 Å². The van der Waals surface area contributed by atoms with E-state index < -0.39 is 17.5 Å². The van der Waals surface area contributed by atoms with Gasteiger partial charge in [0.15, 0.2) is 0 Å². The minimum absolute atomic E-state index is 0.0502. The van der Waals surface area contributed by atoms with Crippen LogP contribution in [0, 0.1) is 0 Å². The second-order valence-electron chi connectivity index (χ2n) is 4.93. The molecule has 0 spiro atoms. The molecule has 8 nitrogen and oxygen atoms in total. The van der Waals surface area contributed by atoms with Crippen molar-refractivity contribution in [1.29, 1.82) is 0 Å². The monoisotopic (exact) mass is 336 g/mol. The molecular weight excluding hydrogens is 320 g/mol. The summed E-state index contributed by atoms with van der Waals surface area (Å²) in [4.78, 5) is 46.7. The van der Waals surface area contributed by atoms with E-state index in [1.165, 1.54) is 24.8 Å². The van der Waals surface area contributed by atoms with E-state index in [9.17, 15) is 19.2 Å². The van der Waals surface area contributed by atoms with Crippen molar-refractivity contribution in [3.8, 4) is 0 Å². The maximum atomic E-state index is 12.4. The fraction of sp³-hybridized carbons (Fsp3) is 0.357. The molecule has 122 valence electrons. The Balaban J connectivity index is 1.97. The lowest BCUT2D eigenvalue weighted by Crippen LogP contribution is -2.21. The minimum atomic E-state index is -0.832. The Bertz CT molecular complexity index is 708. The number of hydrogen-bond donors (Lipinski definition) is 3. The van der Waals surface area contributed by atoms with E-state index in [4.69, 9.17) is 5.73 Å². The highest BCUT2D eigenvalue weighted by Crippen LogP contribution is 2.29. The quantitative estimate of drug-likeness (QED) is 0.618. The second-order valence-corrected chi connectivity index (χ2v) is 6.06. The first-order valence-electron chi connectivity index (χ1n) is 6.98. The van der Waals surface area contributed by atoms with Crippen molar-refractivity contribution in [2.75, 3.05) is 12.3 Å². The molecule has 1 aromatic rings. The summed E-state index contributed by atoms with van der Waals surface area (Å²) in [7, 11) is 0. The van der Waals surface area contributed by atoms with Crippen molar-refractivity contribution < 1.29 is 19.2 Å². The summed E-state index contributed by atoms with van der Waals surface area (Å²) >= 11 is 1.24. The van der Waals surface area contributed by atoms with E-state index in [1.807, 2.05) is 0 Å². The van der Waals surface area contributed by atoms with Gasteiger partial charge in [-0.15, -0.1) is 11.8 Å². The molecule has 4 N–H and O–H groups in total. The van der Waals surface area contributed by atoms with Gasteiger partial charge in [0.05, 0.1) is 10.5 Å². The smallest absolute Gasteiger partial charge is 0.267 e. The maximum absolute atomic E-state index is 12.4. The average Bonchev–Trinajstić information content (AvgIpc) is 2.93. The molecule has 1 aliphatic carbocycles. The highest BCUT2D eigenvalue weighted by Gasteiger charge is 2.33. The third-order valence-corrected chi connectivity index (χ3v) is 4.27. The van der Waals surface area contributed by atoms with Gasteiger partial charge in [-0.05, 0) is 18.6 Å². The van der Waals surface area contributed by atoms with E-state index in [1.54, 1.807) is 0 Å². The lowest BCUT2D eigenvalue weighted by atomic mass is 9.99. The third kappa shape index (κ3) is 3.86. The van der Waals surface area contributed by atoms with Crippen molar-refractivity contribution >= 4 is 35.1 Å². The number of Topliss-reactive ketones (excluding diaryl/α,β-unsaturated/α-hetero) is 1. The van der Waals surface area contributed by atoms with E-state index in [2.05, 4.69) is 15.5 Å². The molecule has 1 aliphatic rings. The number of primary amides is 1. The van der Waals surface area contributed by atoms with E-state index >= 15 is 0 Å². The number of fused-ring (bicyclic) bond motifs is 1. The summed E-state index contributed by atoms with van der Waals surface area (Å²) in [5.41, 5.74) is 4.92.